The van der Waals surface area contributed by atoms with Crippen molar-refractivity contribution in [1.29, 1.82) is 0 Å². The minimum absolute atomic E-state index is 0.0399. The van der Waals surface area contributed by atoms with Crippen LogP contribution in [-0.4, -0.2) is 30.6 Å². The number of hydrogen-bond acceptors (Lipinski definition) is 6. The first kappa shape index (κ1) is 12.4. The van der Waals surface area contributed by atoms with Crippen molar-refractivity contribution in [3.8, 4) is 0 Å². The summed E-state index contributed by atoms with van der Waals surface area (Å²) in [6.45, 7) is 0. The molecule has 0 unspecified atom stereocenters. The van der Waals surface area contributed by atoms with Gasteiger partial charge in [-0.05, 0) is 36.0 Å². The van der Waals surface area contributed by atoms with E-state index in [9.17, 15) is 0 Å². The average molecular weight is 286 g/mol. The number of nitrogens with two attached hydrogens (primary N) is 1. The molecule has 3 rings (SSSR count). The zero-order valence-electron chi connectivity index (χ0n) is 10.2. The molecule has 0 aliphatic rings. The van der Waals surface area contributed by atoms with Crippen LogP contribution in [0.1, 0.15) is 5.69 Å². The lowest BCUT2D eigenvalue weighted by molar-refractivity contribution is 0.318. The third-order valence-corrected chi connectivity index (χ3v) is 3.62. The van der Waals surface area contributed by atoms with Gasteiger partial charge in [-0.3, -0.25) is 9.38 Å². The second kappa shape index (κ2) is 5.17. The van der Waals surface area contributed by atoms with Crippen LogP contribution in [0.3, 0.4) is 0 Å². The lowest BCUT2D eigenvalue weighted by Crippen LogP contribution is -2.16. The predicted octanol–water partition coefficient (Wildman–Crippen LogP) is 1.37. The van der Waals surface area contributed by atoms with Crippen LogP contribution in [0.2, 0.25) is 0 Å². The Labute approximate surface area is 118 Å². The van der Waals surface area contributed by atoms with Crippen molar-refractivity contribution in [2.75, 3.05) is 0 Å². The van der Waals surface area contributed by atoms with E-state index in [1.165, 1.54) is 11.8 Å². The van der Waals surface area contributed by atoms with Crippen molar-refractivity contribution in [2.45, 2.75) is 10.1 Å². The Balaban J connectivity index is 2.04. The third-order valence-electron chi connectivity index (χ3n) is 2.60. The van der Waals surface area contributed by atoms with Crippen molar-refractivity contribution in [3.05, 3.63) is 48.4 Å². The number of nitrogens with zero attached hydrogens (tertiary/aromatic N) is 5. The second-order valence-corrected chi connectivity index (χ2v) is 4.86. The van der Waals surface area contributed by atoms with Gasteiger partial charge < -0.3 is 10.9 Å². The van der Waals surface area contributed by atoms with Crippen LogP contribution in [-0.2, 0) is 0 Å². The maximum atomic E-state index is 8.79. The van der Waals surface area contributed by atoms with Crippen molar-refractivity contribution >= 4 is 23.2 Å². The summed E-state index contributed by atoms with van der Waals surface area (Å²) in [6, 6.07) is 9.26. The Morgan fingerprint density at radius 1 is 1.25 bits per heavy atom. The van der Waals surface area contributed by atoms with Crippen LogP contribution in [0, 0.1) is 0 Å². The molecule has 0 saturated carbocycles. The summed E-state index contributed by atoms with van der Waals surface area (Å²) < 4.78 is 1.85. The molecule has 0 amide bonds. The number of rotatable bonds is 3. The van der Waals surface area contributed by atoms with E-state index in [4.69, 9.17) is 10.9 Å². The molecule has 8 heteroatoms. The van der Waals surface area contributed by atoms with E-state index in [0.29, 0.717) is 10.9 Å². The van der Waals surface area contributed by atoms with Gasteiger partial charge in [-0.25, -0.2) is 0 Å². The molecule has 0 aromatic carbocycles. The van der Waals surface area contributed by atoms with Crippen LogP contribution in [0.25, 0.3) is 5.65 Å². The van der Waals surface area contributed by atoms with E-state index in [1.54, 1.807) is 12.3 Å². The molecule has 0 bridgehead atoms. The van der Waals surface area contributed by atoms with Gasteiger partial charge in [0.05, 0.1) is 0 Å². The first-order valence-corrected chi connectivity index (χ1v) is 6.52. The molecule has 20 heavy (non-hydrogen) atoms. The standard InChI is InChI=1S/C12H10N6OS/c13-11(17-19)10-8(4-3-6-14-10)20-12-16-15-9-5-1-2-7-18(9)12/h1-7,19H,(H2,13,17). The first-order valence-electron chi connectivity index (χ1n) is 5.70. The minimum Gasteiger partial charge on any atom is -0.409 e. The van der Waals surface area contributed by atoms with Crippen LogP contribution >= 0.6 is 11.8 Å². The van der Waals surface area contributed by atoms with E-state index in [-0.39, 0.29) is 5.84 Å². The van der Waals surface area contributed by atoms with Gasteiger partial charge in [-0.15, -0.1) is 10.2 Å². The van der Waals surface area contributed by atoms with Gasteiger partial charge in [0, 0.05) is 17.3 Å². The van der Waals surface area contributed by atoms with Gasteiger partial charge in [-0.2, -0.15) is 0 Å². The van der Waals surface area contributed by atoms with Crippen LogP contribution in [0.4, 0.5) is 0 Å². The molecular formula is C12H10N6OS. The Kier molecular flexibility index (Phi) is 3.21. The number of hydrogen-bond donors (Lipinski definition) is 2. The molecule has 3 heterocycles. The monoisotopic (exact) mass is 286 g/mol. The molecule has 0 atom stereocenters. The summed E-state index contributed by atoms with van der Waals surface area (Å²) in [5, 5.41) is 20.7. The van der Waals surface area contributed by atoms with Crippen molar-refractivity contribution < 1.29 is 5.21 Å². The van der Waals surface area contributed by atoms with E-state index in [0.717, 1.165) is 10.5 Å². The van der Waals surface area contributed by atoms with E-state index >= 15 is 0 Å². The molecule has 3 aromatic rings. The molecule has 3 N–H and O–H groups in total. The molecule has 0 radical (unpaired) electrons. The van der Waals surface area contributed by atoms with Crippen molar-refractivity contribution in [1.82, 2.24) is 19.6 Å². The highest BCUT2D eigenvalue weighted by Crippen LogP contribution is 2.28. The normalized spacial score (nSPS) is 11.9. The van der Waals surface area contributed by atoms with E-state index in [1.807, 2.05) is 34.9 Å². The fraction of sp³-hybridized carbons (Fsp3) is 0. The Morgan fingerprint density at radius 2 is 2.15 bits per heavy atom. The Morgan fingerprint density at radius 3 is 3.00 bits per heavy atom. The lowest BCUT2D eigenvalue weighted by atomic mass is 10.3. The quantitative estimate of drug-likeness (QED) is 0.326. The topological polar surface area (TPSA) is 102 Å². The highest BCUT2D eigenvalue weighted by atomic mass is 32.2. The van der Waals surface area contributed by atoms with Crippen molar-refractivity contribution in [2.24, 2.45) is 10.9 Å². The number of oxime groups is 1. The van der Waals surface area contributed by atoms with Gasteiger partial charge >= 0.3 is 0 Å². The summed E-state index contributed by atoms with van der Waals surface area (Å²) in [4.78, 5) is 4.85. The second-order valence-electron chi connectivity index (χ2n) is 3.85. The summed E-state index contributed by atoms with van der Waals surface area (Å²) in [5.41, 5.74) is 6.78. The minimum atomic E-state index is -0.0399. The molecule has 0 aliphatic heterocycles. The molecule has 0 aliphatic carbocycles. The number of pyridine rings is 2. The van der Waals surface area contributed by atoms with Gasteiger partial charge in [0.2, 0.25) is 5.16 Å². The zero-order valence-corrected chi connectivity index (χ0v) is 11.0. The highest BCUT2D eigenvalue weighted by Gasteiger charge is 2.13. The molecular weight excluding hydrogens is 276 g/mol. The van der Waals surface area contributed by atoms with Crippen LogP contribution in [0.5, 0.6) is 0 Å². The summed E-state index contributed by atoms with van der Waals surface area (Å²) >= 11 is 1.35. The average Bonchev–Trinajstić information content (AvgIpc) is 2.90. The molecule has 0 spiro atoms. The smallest absolute Gasteiger partial charge is 0.200 e. The maximum absolute atomic E-state index is 8.79. The Hall–Kier alpha value is -2.61. The van der Waals surface area contributed by atoms with Gasteiger partial charge in [0.25, 0.3) is 0 Å². The molecule has 0 fully saturated rings. The number of fused-ring (bicyclic) bond motifs is 1. The SMILES string of the molecule is N/C(=N/O)c1ncccc1Sc1nnc2ccccn12. The summed E-state index contributed by atoms with van der Waals surface area (Å²) in [5.74, 6) is -0.0399. The molecule has 3 aromatic heterocycles. The lowest BCUT2D eigenvalue weighted by Gasteiger charge is -2.05. The van der Waals surface area contributed by atoms with Crippen LogP contribution in [0.15, 0.2) is 57.9 Å². The largest absolute Gasteiger partial charge is 0.409 e. The molecule has 100 valence electrons. The fourth-order valence-electron chi connectivity index (χ4n) is 1.70. The number of aromatic nitrogens is 4. The van der Waals surface area contributed by atoms with Crippen molar-refractivity contribution in [3.63, 3.8) is 0 Å². The fourth-order valence-corrected chi connectivity index (χ4v) is 2.63. The number of amidine groups is 1. The van der Waals surface area contributed by atoms with E-state index < -0.39 is 0 Å². The maximum Gasteiger partial charge on any atom is 0.200 e. The highest BCUT2D eigenvalue weighted by molar-refractivity contribution is 7.99. The zero-order chi connectivity index (χ0) is 13.9. The summed E-state index contributed by atoms with van der Waals surface area (Å²) in [7, 11) is 0. The Bertz CT molecular complexity index is 784. The molecule has 0 saturated heterocycles. The van der Waals surface area contributed by atoms with Gasteiger partial charge in [0.15, 0.2) is 11.5 Å². The first-order chi connectivity index (χ1) is 9.79. The van der Waals surface area contributed by atoms with E-state index in [2.05, 4.69) is 20.3 Å². The third kappa shape index (κ3) is 2.16. The summed E-state index contributed by atoms with van der Waals surface area (Å²) in [6.07, 6.45) is 3.45. The van der Waals surface area contributed by atoms with Gasteiger partial charge in [-0.1, -0.05) is 11.2 Å². The predicted molar refractivity (Wildman–Crippen MR) is 73.9 cm³/mol. The van der Waals surface area contributed by atoms with Crippen LogP contribution < -0.4 is 5.73 Å². The molecule has 7 nitrogen and oxygen atoms in total. The van der Waals surface area contributed by atoms with Gasteiger partial charge in [0.1, 0.15) is 5.69 Å².